The molecule has 20 heavy (non-hydrogen) atoms. The summed E-state index contributed by atoms with van der Waals surface area (Å²) >= 11 is 0. The van der Waals surface area contributed by atoms with Crippen LogP contribution in [-0.2, 0) is 6.42 Å². The number of nitrogens with two attached hydrogens (primary N) is 1. The highest BCUT2D eigenvalue weighted by molar-refractivity contribution is 5.34. The van der Waals surface area contributed by atoms with Crippen LogP contribution in [0.3, 0.4) is 0 Å². The molecule has 0 aliphatic heterocycles. The molecule has 1 saturated carbocycles. The van der Waals surface area contributed by atoms with Crippen LogP contribution in [0.5, 0.6) is 5.75 Å². The van der Waals surface area contributed by atoms with Crippen molar-refractivity contribution >= 4 is 0 Å². The molecule has 0 aromatic heterocycles. The molecule has 1 aromatic rings. The molecule has 1 aliphatic rings. The van der Waals surface area contributed by atoms with Gasteiger partial charge in [0, 0.05) is 6.04 Å². The SMILES string of the molecule is COc1ccccc1CC(C)(C)C1CCC(C)CC1N. The Balaban J connectivity index is 2.14. The Morgan fingerprint density at radius 2 is 1.95 bits per heavy atom. The number of benzene rings is 1. The summed E-state index contributed by atoms with van der Waals surface area (Å²) in [6, 6.07) is 8.69. The summed E-state index contributed by atoms with van der Waals surface area (Å²) < 4.78 is 5.49. The van der Waals surface area contributed by atoms with Gasteiger partial charge in [0.05, 0.1) is 7.11 Å². The van der Waals surface area contributed by atoms with E-state index in [-0.39, 0.29) is 5.41 Å². The minimum absolute atomic E-state index is 0.216. The average molecular weight is 275 g/mol. The summed E-state index contributed by atoms with van der Waals surface area (Å²) in [5.41, 5.74) is 7.96. The van der Waals surface area contributed by atoms with Crippen LogP contribution in [-0.4, -0.2) is 13.2 Å². The molecule has 0 heterocycles. The van der Waals surface area contributed by atoms with Gasteiger partial charge in [-0.15, -0.1) is 0 Å². The van der Waals surface area contributed by atoms with Gasteiger partial charge >= 0.3 is 0 Å². The Labute approximate surface area is 123 Å². The lowest BCUT2D eigenvalue weighted by molar-refractivity contribution is 0.112. The second kappa shape index (κ2) is 6.17. The highest BCUT2D eigenvalue weighted by Gasteiger charge is 2.37. The molecule has 112 valence electrons. The van der Waals surface area contributed by atoms with E-state index in [0.717, 1.165) is 18.1 Å². The number of rotatable bonds is 4. The van der Waals surface area contributed by atoms with Crippen molar-refractivity contribution in [3.63, 3.8) is 0 Å². The summed E-state index contributed by atoms with van der Waals surface area (Å²) in [4.78, 5) is 0. The summed E-state index contributed by atoms with van der Waals surface area (Å²) in [7, 11) is 1.75. The number of hydrogen-bond acceptors (Lipinski definition) is 2. The van der Waals surface area contributed by atoms with Gasteiger partial charge < -0.3 is 10.5 Å². The first kappa shape index (κ1) is 15.4. The first-order valence-electron chi connectivity index (χ1n) is 7.81. The van der Waals surface area contributed by atoms with Gasteiger partial charge in [0.1, 0.15) is 5.75 Å². The molecule has 0 bridgehead atoms. The van der Waals surface area contributed by atoms with E-state index in [1.807, 2.05) is 12.1 Å². The Morgan fingerprint density at radius 3 is 2.60 bits per heavy atom. The minimum Gasteiger partial charge on any atom is -0.496 e. The van der Waals surface area contributed by atoms with Gasteiger partial charge in [0.15, 0.2) is 0 Å². The highest BCUT2D eigenvalue weighted by atomic mass is 16.5. The zero-order valence-electron chi connectivity index (χ0n) is 13.4. The van der Waals surface area contributed by atoms with Crippen molar-refractivity contribution in [3.8, 4) is 5.75 Å². The van der Waals surface area contributed by atoms with Crippen LogP contribution in [0.2, 0.25) is 0 Å². The van der Waals surface area contributed by atoms with Crippen molar-refractivity contribution in [2.24, 2.45) is 23.0 Å². The predicted molar refractivity (Wildman–Crippen MR) is 85.0 cm³/mol. The van der Waals surface area contributed by atoms with Gasteiger partial charge in [-0.05, 0) is 48.1 Å². The first-order chi connectivity index (χ1) is 9.44. The van der Waals surface area contributed by atoms with Crippen LogP contribution in [0.15, 0.2) is 24.3 Å². The third-order valence-corrected chi connectivity index (χ3v) is 5.00. The number of ether oxygens (including phenoxy) is 1. The largest absolute Gasteiger partial charge is 0.496 e. The summed E-state index contributed by atoms with van der Waals surface area (Å²) in [6.07, 6.45) is 4.77. The molecule has 1 aromatic carbocycles. The fourth-order valence-corrected chi connectivity index (χ4v) is 3.87. The summed E-state index contributed by atoms with van der Waals surface area (Å²) in [5, 5.41) is 0. The number of methoxy groups -OCH3 is 1. The van der Waals surface area contributed by atoms with Crippen LogP contribution in [0.4, 0.5) is 0 Å². The standard InChI is InChI=1S/C18H29NO/c1-13-9-10-15(16(19)11-13)18(2,3)12-14-7-5-6-8-17(14)20-4/h5-8,13,15-16H,9-12,19H2,1-4H3. The Morgan fingerprint density at radius 1 is 1.25 bits per heavy atom. The second-order valence-corrected chi connectivity index (χ2v) is 7.17. The first-order valence-corrected chi connectivity index (χ1v) is 7.81. The fourth-order valence-electron chi connectivity index (χ4n) is 3.87. The zero-order valence-corrected chi connectivity index (χ0v) is 13.4. The lowest BCUT2D eigenvalue weighted by Gasteiger charge is -2.43. The van der Waals surface area contributed by atoms with E-state index < -0.39 is 0 Å². The van der Waals surface area contributed by atoms with Gasteiger partial charge in [-0.1, -0.05) is 45.4 Å². The smallest absolute Gasteiger partial charge is 0.122 e. The Kier molecular flexibility index (Phi) is 4.74. The maximum atomic E-state index is 6.45. The molecule has 2 N–H and O–H groups in total. The molecule has 3 atom stereocenters. The van der Waals surface area contributed by atoms with E-state index in [2.05, 4.69) is 32.9 Å². The molecule has 2 rings (SSSR count). The van der Waals surface area contributed by atoms with Crippen molar-refractivity contribution in [2.45, 2.75) is 52.5 Å². The second-order valence-electron chi connectivity index (χ2n) is 7.17. The van der Waals surface area contributed by atoms with Crippen molar-refractivity contribution < 1.29 is 4.74 Å². The summed E-state index contributed by atoms with van der Waals surface area (Å²) in [5.74, 6) is 2.38. The molecule has 0 saturated heterocycles. The van der Waals surface area contributed by atoms with Crippen molar-refractivity contribution in [2.75, 3.05) is 7.11 Å². The quantitative estimate of drug-likeness (QED) is 0.900. The van der Waals surface area contributed by atoms with Crippen molar-refractivity contribution in [1.29, 1.82) is 0 Å². The molecule has 2 heteroatoms. The average Bonchev–Trinajstić information content (AvgIpc) is 2.38. The lowest BCUT2D eigenvalue weighted by atomic mass is 9.64. The maximum Gasteiger partial charge on any atom is 0.122 e. The third kappa shape index (κ3) is 3.35. The molecule has 2 nitrogen and oxygen atoms in total. The molecule has 1 fully saturated rings. The highest BCUT2D eigenvalue weighted by Crippen LogP contribution is 2.42. The maximum absolute atomic E-state index is 6.45. The number of hydrogen-bond donors (Lipinski definition) is 1. The zero-order chi connectivity index (χ0) is 14.8. The van der Waals surface area contributed by atoms with Gasteiger partial charge in [0.25, 0.3) is 0 Å². The molecule has 0 spiro atoms. The van der Waals surface area contributed by atoms with E-state index in [4.69, 9.17) is 10.5 Å². The molecular formula is C18H29NO. The molecule has 0 amide bonds. The van der Waals surface area contributed by atoms with E-state index in [0.29, 0.717) is 12.0 Å². The van der Waals surface area contributed by atoms with Crippen LogP contribution >= 0.6 is 0 Å². The van der Waals surface area contributed by atoms with E-state index in [1.165, 1.54) is 24.8 Å². The van der Waals surface area contributed by atoms with Crippen molar-refractivity contribution in [1.82, 2.24) is 0 Å². The Bertz CT molecular complexity index is 441. The lowest BCUT2D eigenvalue weighted by Crippen LogP contribution is -2.44. The monoisotopic (exact) mass is 275 g/mol. The number of para-hydroxylation sites is 1. The topological polar surface area (TPSA) is 35.2 Å². The molecule has 1 aliphatic carbocycles. The minimum atomic E-state index is 0.216. The van der Waals surface area contributed by atoms with Crippen LogP contribution < -0.4 is 10.5 Å². The third-order valence-electron chi connectivity index (χ3n) is 5.00. The Hall–Kier alpha value is -1.02. The van der Waals surface area contributed by atoms with E-state index in [9.17, 15) is 0 Å². The van der Waals surface area contributed by atoms with Gasteiger partial charge in [-0.2, -0.15) is 0 Å². The van der Waals surface area contributed by atoms with Crippen LogP contribution in [0.1, 0.15) is 45.6 Å². The van der Waals surface area contributed by atoms with Crippen LogP contribution in [0, 0.1) is 17.3 Å². The molecule has 3 unspecified atom stereocenters. The van der Waals surface area contributed by atoms with E-state index >= 15 is 0 Å². The molecule has 0 radical (unpaired) electrons. The molecular weight excluding hydrogens is 246 g/mol. The van der Waals surface area contributed by atoms with Crippen LogP contribution in [0.25, 0.3) is 0 Å². The predicted octanol–water partition coefficient (Wildman–Crippen LogP) is 4.03. The van der Waals surface area contributed by atoms with Gasteiger partial charge in [-0.25, -0.2) is 0 Å². The van der Waals surface area contributed by atoms with Crippen molar-refractivity contribution in [3.05, 3.63) is 29.8 Å². The van der Waals surface area contributed by atoms with E-state index in [1.54, 1.807) is 7.11 Å². The van der Waals surface area contributed by atoms with Gasteiger partial charge in [0.2, 0.25) is 0 Å². The normalized spacial score (nSPS) is 27.4. The fraction of sp³-hybridized carbons (Fsp3) is 0.667. The summed E-state index contributed by atoms with van der Waals surface area (Å²) in [6.45, 7) is 7.04. The van der Waals surface area contributed by atoms with Gasteiger partial charge in [-0.3, -0.25) is 0 Å².